The summed E-state index contributed by atoms with van der Waals surface area (Å²) in [4.78, 5) is 34.2. The fraction of sp³-hybridized carbons (Fsp3) is 0.696. The molecule has 28 heavy (non-hydrogen) atoms. The van der Waals surface area contributed by atoms with Crippen molar-refractivity contribution in [3.8, 4) is 0 Å². The van der Waals surface area contributed by atoms with Gasteiger partial charge in [-0.05, 0) is 39.5 Å². The van der Waals surface area contributed by atoms with Crippen molar-refractivity contribution in [3.63, 3.8) is 0 Å². The Morgan fingerprint density at radius 2 is 0.893 bits per heavy atom. The van der Waals surface area contributed by atoms with E-state index in [0.29, 0.717) is 43.0 Å². The van der Waals surface area contributed by atoms with Crippen molar-refractivity contribution in [1.82, 2.24) is 0 Å². The summed E-state index contributed by atoms with van der Waals surface area (Å²) in [5.74, 6) is -0.292. The Balaban J connectivity index is 3.34. The maximum Gasteiger partial charge on any atom is 0.333 e. The molecule has 160 valence electrons. The molecule has 0 aliphatic heterocycles. The highest BCUT2D eigenvalue weighted by Crippen LogP contribution is 2.11. The summed E-state index contributed by atoms with van der Waals surface area (Å²) in [7, 11) is 0. The van der Waals surface area contributed by atoms with Crippen molar-refractivity contribution in [1.29, 1.82) is 0 Å². The van der Waals surface area contributed by atoms with Crippen LogP contribution in [0.3, 0.4) is 0 Å². The van der Waals surface area contributed by atoms with Crippen molar-refractivity contribution < 1.29 is 23.9 Å². The highest BCUT2D eigenvalue weighted by atomic mass is 16.5. The van der Waals surface area contributed by atoms with E-state index in [9.17, 15) is 14.4 Å². The van der Waals surface area contributed by atoms with Crippen molar-refractivity contribution >= 4 is 17.7 Å². The van der Waals surface area contributed by atoms with Crippen LogP contribution in [0.25, 0.3) is 0 Å². The van der Waals surface area contributed by atoms with Gasteiger partial charge in [0.25, 0.3) is 0 Å². The third-order valence-electron chi connectivity index (χ3n) is 4.36. The van der Waals surface area contributed by atoms with E-state index in [1.807, 2.05) is 0 Å². The Hall–Kier alpha value is -1.91. The van der Waals surface area contributed by atoms with Crippen LogP contribution in [0, 0.1) is 0 Å². The molecule has 5 heteroatoms. The molecule has 0 radical (unpaired) electrons. The molecule has 0 aromatic carbocycles. The van der Waals surface area contributed by atoms with Crippen LogP contribution in [0.1, 0.15) is 90.9 Å². The van der Waals surface area contributed by atoms with Crippen LogP contribution in [-0.4, -0.2) is 30.9 Å². The van der Waals surface area contributed by atoms with Gasteiger partial charge in [0.05, 0.1) is 13.2 Å². The van der Waals surface area contributed by atoms with Crippen molar-refractivity contribution in [2.75, 3.05) is 13.2 Å². The summed E-state index contributed by atoms with van der Waals surface area (Å²) >= 11 is 0. The minimum atomic E-state index is -0.322. The second-order valence-electron chi connectivity index (χ2n) is 7.41. The van der Waals surface area contributed by atoms with E-state index in [0.717, 1.165) is 64.2 Å². The molecule has 0 bridgehead atoms. The number of hydrogen-bond donors (Lipinski definition) is 0. The van der Waals surface area contributed by atoms with Gasteiger partial charge in [0, 0.05) is 24.0 Å². The number of rotatable bonds is 18. The molecule has 0 aliphatic carbocycles. The second kappa shape index (κ2) is 17.2. The van der Waals surface area contributed by atoms with Crippen molar-refractivity contribution in [2.45, 2.75) is 90.9 Å². The van der Waals surface area contributed by atoms with Gasteiger partial charge in [-0.3, -0.25) is 4.79 Å². The lowest BCUT2D eigenvalue weighted by molar-refractivity contribution is -0.139. The van der Waals surface area contributed by atoms with E-state index in [2.05, 4.69) is 13.2 Å². The summed E-state index contributed by atoms with van der Waals surface area (Å²) in [5.41, 5.74) is 0.866. The molecular formula is C23H38O5. The van der Waals surface area contributed by atoms with E-state index >= 15 is 0 Å². The van der Waals surface area contributed by atoms with Crippen LogP contribution in [0.2, 0.25) is 0 Å². The van der Waals surface area contributed by atoms with Crippen LogP contribution in [0.5, 0.6) is 0 Å². The standard InChI is InChI=1S/C23H38O5/c1-19(2)22(25)27-17-13-9-5-7-11-15-21(24)16-12-8-6-10-14-18-28-23(26)20(3)4/h1,3,5-18H2,2,4H3. The normalized spacial score (nSPS) is 10.4. The van der Waals surface area contributed by atoms with Crippen LogP contribution in [0.4, 0.5) is 0 Å². The molecule has 0 aromatic heterocycles. The maximum atomic E-state index is 11.9. The Kier molecular flexibility index (Phi) is 16.0. The molecule has 0 heterocycles. The summed E-state index contributed by atoms with van der Waals surface area (Å²) in [6.45, 7) is 11.3. The fourth-order valence-electron chi connectivity index (χ4n) is 2.61. The zero-order valence-corrected chi connectivity index (χ0v) is 17.9. The van der Waals surface area contributed by atoms with Crippen LogP contribution in [0.15, 0.2) is 24.3 Å². The largest absolute Gasteiger partial charge is 0.462 e. The molecule has 0 rings (SSSR count). The van der Waals surface area contributed by atoms with Crippen LogP contribution in [-0.2, 0) is 23.9 Å². The molecule has 0 aliphatic rings. The quantitative estimate of drug-likeness (QED) is 0.175. The van der Waals surface area contributed by atoms with Crippen LogP contribution < -0.4 is 0 Å². The molecule has 5 nitrogen and oxygen atoms in total. The number of Topliss-reactive ketones (excluding diaryl/α,β-unsaturated/α-hetero) is 1. The highest BCUT2D eigenvalue weighted by molar-refractivity contribution is 5.87. The van der Waals surface area contributed by atoms with Gasteiger partial charge in [0.2, 0.25) is 0 Å². The molecule has 0 spiro atoms. The third-order valence-corrected chi connectivity index (χ3v) is 4.36. The second-order valence-corrected chi connectivity index (χ2v) is 7.41. The fourth-order valence-corrected chi connectivity index (χ4v) is 2.61. The van der Waals surface area contributed by atoms with Gasteiger partial charge in [-0.2, -0.15) is 0 Å². The molecule has 0 aromatic rings. The number of unbranched alkanes of at least 4 members (excludes halogenated alkanes) is 8. The molecule has 0 N–H and O–H groups in total. The molecular weight excluding hydrogens is 356 g/mol. The van der Waals surface area contributed by atoms with E-state index < -0.39 is 0 Å². The van der Waals surface area contributed by atoms with E-state index in [4.69, 9.17) is 9.47 Å². The summed E-state index contributed by atoms with van der Waals surface area (Å²) in [6, 6.07) is 0. The Morgan fingerprint density at radius 3 is 1.25 bits per heavy atom. The highest BCUT2D eigenvalue weighted by Gasteiger charge is 2.04. The zero-order chi connectivity index (χ0) is 21.2. The average Bonchev–Trinajstić information content (AvgIpc) is 2.65. The first kappa shape index (κ1) is 26.1. The van der Waals surface area contributed by atoms with E-state index in [1.54, 1.807) is 13.8 Å². The Bertz CT molecular complexity index is 463. The van der Waals surface area contributed by atoms with Crippen molar-refractivity contribution in [2.24, 2.45) is 0 Å². The number of ether oxygens (including phenoxy) is 2. The molecule has 0 unspecified atom stereocenters. The molecule has 0 saturated carbocycles. The number of hydrogen-bond acceptors (Lipinski definition) is 5. The number of carbonyl (C=O) groups excluding carboxylic acids is 3. The molecule has 0 saturated heterocycles. The topological polar surface area (TPSA) is 69.7 Å². The number of ketones is 1. The lowest BCUT2D eigenvalue weighted by atomic mass is 10.0. The summed E-state index contributed by atoms with van der Waals surface area (Å²) in [6.07, 6.45) is 11.2. The summed E-state index contributed by atoms with van der Waals surface area (Å²) in [5, 5.41) is 0. The van der Waals surface area contributed by atoms with Gasteiger partial charge in [-0.1, -0.05) is 51.7 Å². The van der Waals surface area contributed by atoms with Gasteiger partial charge in [-0.25, -0.2) is 9.59 Å². The Morgan fingerprint density at radius 1 is 0.571 bits per heavy atom. The number of esters is 2. The Labute approximate surface area is 170 Å². The van der Waals surface area contributed by atoms with Gasteiger partial charge in [0.15, 0.2) is 0 Å². The zero-order valence-electron chi connectivity index (χ0n) is 17.9. The van der Waals surface area contributed by atoms with Gasteiger partial charge < -0.3 is 9.47 Å². The third kappa shape index (κ3) is 16.3. The minimum Gasteiger partial charge on any atom is -0.462 e. The molecule has 0 atom stereocenters. The van der Waals surface area contributed by atoms with Gasteiger partial charge in [-0.15, -0.1) is 0 Å². The van der Waals surface area contributed by atoms with Gasteiger partial charge in [0.1, 0.15) is 5.78 Å². The lowest BCUT2D eigenvalue weighted by Gasteiger charge is -2.05. The lowest BCUT2D eigenvalue weighted by Crippen LogP contribution is -2.06. The predicted octanol–water partition coefficient (Wildman–Crippen LogP) is 5.48. The summed E-state index contributed by atoms with van der Waals surface area (Å²) < 4.78 is 10.1. The van der Waals surface area contributed by atoms with Gasteiger partial charge >= 0.3 is 11.9 Å². The van der Waals surface area contributed by atoms with Crippen molar-refractivity contribution in [3.05, 3.63) is 24.3 Å². The average molecular weight is 395 g/mol. The minimum absolute atomic E-state index is 0.322. The SMILES string of the molecule is C=C(C)C(=O)OCCCCCCCC(=O)CCCCCCCOC(=O)C(=C)C. The van der Waals surface area contributed by atoms with E-state index in [-0.39, 0.29) is 11.9 Å². The first-order valence-corrected chi connectivity index (χ1v) is 10.5. The first-order valence-electron chi connectivity index (χ1n) is 10.5. The smallest absolute Gasteiger partial charge is 0.333 e. The molecule has 0 amide bonds. The predicted molar refractivity (Wildman–Crippen MR) is 112 cm³/mol. The monoisotopic (exact) mass is 394 g/mol. The van der Waals surface area contributed by atoms with E-state index in [1.165, 1.54) is 0 Å². The first-order chi connectivity index (χ1) is 13.3. The van der Waals surface area contributed by atoms with Crippen LogP contribution >= 0.6 is 0 Å². The molecule has 0 fully saturated rings. The maximum absolute atomic E-state index is 11.9. The number of carbonyl (C=O) groups is 3.